The summed E-state index contributed by atoms with van der Waals surface area (Å²) in [6, 6.07) is 14.5. The molecular formula is C19H19N3O2. The molecule has 5 heteroatoms. The molecule has 3 rings (SSSR count). The van der Waals surface area contributed by atoms with E-state index in [0.29, 0.717) is 6.42 Å². The Kier molecular flexibility index (Phi) is 4.72. The highest BCUT2D eigenvalue weighted by Crippen LogP contribution is 2.18. The first-order valence-electron chi connectivity index (χ1n) is 7.69. The van der Waals surface area contributed by atoms with E-state index in [1.54, 1.807) is 19.5 Å². The number of pyridine rings is 1. The number of fused-ring (bicyclic) bond motifs is 1. The molecule has 0 fully saturated rings. The van der Waals surface area contributed by atoms with Crippen LogP contribution in [0, 0.1) is 0 Å². The Hall–Kier alpha value is -2.92. The molecule has 0 aliphatic carbocycles. The van der Waals surface area contributed by atoms with Gasteiger partial charge in [0.25, 0.3) is 0 Å². The Balaban J connectivity index is 1.66. The van der Waals surface area contributed by atoms with Gasteiger partial charge in [0.2, 0.25) is 5.91 Å². The standard InChI is InChI=1S/C19H19N3O2/c1-24-17-6-2-13(3-7-17)10-18(20)19(23)22-16-5-4-15-12-21-9-8-14(15)11-16/h2-9,11-12,18H,10,20H2,1H3,(H,22,23). The smallest absolute Gasteiger partial charge is 0.241 e. The number of hydrogen-bond acceptors (Lipinski definition) is 4. The number of anilines is 1. The molecule has 0 aliphatic heterocycles. The summed E-state index contributed by atoms with van der Waals surface area (Å²) in [5.74, 6) is 0.571. The number of methoxy groups -OCH3 is 1. The molecule has 1 aromatic heterocycles. The van der Waals surface area contributed by atoms with Gasteiger partial charge in [0, 0.05) is 23.5 Å². The molecule has 0 saturated heterocycles. The molecule has 2 aromatic carbocycles. The highest BCUT2D eigenvalue weighted by molar-refractivity contribution is 5.97. The second-order valence-corrected chi connectivity index (χ2v) is 5.59. The van der Waals surface area contributed by atoms with Gasteiger partial charge in [-0.05, 0) is 47.7 Å². The summed E-state index contributed by atoms with van der Waals surface area (Å²) in [5.41, 5.74) is 7.74. The van der Waals surface area contributed by atoms with Gasteiger partial charge in [-0.2, -0.15) is 0 Å². The molecule has 122 valence electrons. The van der Waals surface area contributed by atoms with Crippen LogP contribution in [0.5, 0.6) is 5.75 Å². The predicted octanol–water partition coefficient (Wildman–Crippen LogP) is 2.75. The summed E-state index contributed by atoms with van der Waals surface area (Å²) in [4.78, 5) is 16.4. The lowest BCUT2D eigenvalue weighted by Gasteiger charge is -2.13. The number of nitrogens with one attached hydrogen (secondary N) is 1. The average Bonchev–Trinajstić information content (AvgIpc) is 2.62. The zero-order valence-electron chi connectivity index (χ0n) is 13.4. The van der Waals surface area contributed by atoms with E-state index < -0.39 is 6.04 Å². The van der Waals surface area contributed by atoms with Gasteiger partial charge in [0.15, 0.2) is 0 Å². The van der Waals surface area contributed by atoms with Crippen molar-refractivity contribution < 1.29 is 9.53 Å². The minimum atomic E-state index is -0.619. The van der Waals surface area contributed by atoms with Gasteiger partial charge >= 0.3 is 0 Å². The second kappa shape index (κ2) is 7.10. The highest BCUT2D eigenvalue weighted by atomic mass is 16.5. The number of carbonyl (C=O) groups excluding carboxylic acids is 1. The fourth-order valence-corrected chi connectivity index (χ4v) is 2.50. The Labute approximate surface area is 140 Å². The van der Waals surface area contributed by atoms with Crippen LogP contribution in [0.1, 0.15) is 5.56 Å². The zero-order valence-corrected chi connectivity index (χ0v) is 13.4. The number of benzene rings is 2. The van der Waals surface area contributed by atoms with Crippen LogP contribution in [-0.4, -0.2) is 24.0 Å². The van der Waals surface area contributed by atoms with Gasteiger partial charge in [0.05, 0.1) is 13.2 Å². The van der Waals surface area contributed by atoms with Crippen molar-refractivity contribution in [2.45, 2.75) is 12.5 Å². The van der Waals surface area contributed by atoms with Crippen molar-refractivity contribution in [2.75, 3.05) is 12.4 Å². The molecule has 0 bridgehead atoms. The largest absolute Gasteiger partial charge is 0.497 e. The fourth-order valence-electron chi connectivity index (χ4n) is 2.50. The lowest BCUT2D eigenvalue weighted by atomic mass is 10.1. The van der Waals surface area contributed by atoms with Crippen LogP contribution >= 0.6 is 0 Å². The molecule has 1 unspecified atom stereocenters. The highest BCUT2D eigenvalue weighted by Gasteiger charge is 2.14. The monoisotopic (exact) mass is 321 g/mol. The number of amides is 1. The van der Waals surface area contributed by atoms with E-state index in [4.69, 9.17) is 10.5 Å². The van der Waals surface area contributed by atoms with Crippen molar-refractivity contribution in [3.63, 3.8) is 0 Å². The lowest BCUT2D eigenvalue weighted by molar-refractivity contribution is -0.117. The third-order valence-electron chi connectivity index (χ3n) is 3.86. The fraction of sp³-hybridized carbons (Fsp3) is 0.158. The molecule has 0 spiro atoms. The Morgan fingerprint density at radius 3 is 2.71 bits per heavy atom. The molecule has 1 heterocycles. The van der Waals surface area contributed by atoms with E-state index in [2.05, 4.69) is 10.3 Å². The third-order valence-corrected chi connectivity index (χ3v) is 3.86. The lowest BCUT2D eigenvalue weighted by Crippen LogP contribution is -2.37. The molecular weight excluding hydrogens is 302 g/mol. The Morgan fingerprint density at radius 1 is 1.17 bits per heavy atom. The summed E-state index contributed by atoms with van der Waals surface area (Å²) in [6.07, 6.45) is 3.98. The van der Waals surface area contributed by atoms with E-state index in [1.807, 2.05) is 48.5 Å². The molecule has 24 heavy (non-hydrogen) atoms. The average molecular weight is 321 g/mol. The van der Waals surface area contributed by atoms with Crippen molar-refractivity contribution >= 4 is 22.4 Å². The number of nitrogens with zero attached hydrogens (tertiary/aromatic N) is 1. The SMILES string of the molecule is COc1ccc(CC(N)C(=O)Nc2ccc3cnccc3c2)cc1. The van der Waals surface area contributed by atoms with Crippen LogP contribution in [-0.2, 0) is 11.2 Å². The van der Waals surface area contributed by atoms with Crippen molar-refractivity contribution in [2.24, 2.45) is 5.73 Å². The summed E-state index contributed by atoms with van der Waals surface area (Å²) in [5, 5.41) is 4.91. The Bertz CT molecular complexity index is 847. The number of ether oxygens (including phenoxy) is 1. The molecule has 3 N–H and O–H groups in total. The van der Waals surface area contributed by atoms with E-state index in [1.165, 1.54) is 0 Å². The number of hydrogen-bond donors (Lipinski definition) is 2. The van der Waals surface area contributed by atoms with E-state index in [9.17, 15) is 4.79 Å². The van der Waals surface area contributed by atoms with Crippen LogP contribution in [0.25, 0.3) is 10.8 Å². The van der Waals surface area contributed by atoms with Gasteiger partial charge in [-0.15, -0.1) is 0 Å². The van der Waals surface area contributed by atoms with E-state index in [-0.39, 0.29) is 5.91 Å². The van der Waals surface area contributed by atoms with Gasteiger partial charge in [-0.25, -0.2) is 0 Å². The van der Waals surface area contributed by atoms with Gasteiger partial charge in [0.1, 0.15) is 5.75 Å². The summed E-state index contributed by atoms with van der Waals surface area (Å²) in [6.45, 7) is 0. The minimum Gasteiger partial charge on any atom is -0.497 e. The molecule has 0 radical (unpaired) electrons. The van der Waals surface area contributed by atoms with Gasteiger partial charge in [-0.1, -0.05) is 18.2 Å². The predicted molar refractivity (Wildman–Crippen MR) is 95.0 cm³/mol. The molecule has 1 atom stereocenters. The first kappa shape index (κ1) is 16.0. The van der Waals surface area contributed by atoms with Crippen LogP contribution in [0.3, 0.4) is 0 Å². The van der Waals surface area contributed by atoms with Gasteiger partial charge in [-0.3, -0.25) is 9.78 Å². The van der Waals surface area contributed by atoms with Gasteiger partial charge < -0.3 is 15.8 Å². The van der Waals surface area contributed by atoms with Crippen molar-refractivity contribution in [3.05, 3.63) is 66.5 Å². The number of aromatic nitrogens is 1. The van der Waals surface area contributed by atoms with Crippen LogP contribution in [0.4, 0.5) is 5.69 Å². The van der Waals surface area contributed by atoms with E-state index in [0.717, 1.165) is 27.8 Å². The molecule has 5 nitrogen and oxygen atoms in total. The van der Waals surface area contributed by atoms with Crippen LogP contribution < -0.4 is 15.8 Å². The number of nitrogens with two attached hydrogens (primary N) is 1. The first-order chi connectivity index (χ1) is 11.7. The van der Waals surface area contributed by atoms with Crippen molar-refractivity contribution in [1.29, 1.82) is 0 Å². The first-order valence-corrected chi connectivity index (χ1v) is 7.69. The van der Waals surface area contributed by atoms with Crippen LogP contribution in [0.15, 0.2) is 60.9 Å². The van der Waals surface area contributed by atoms with Crippen molar-refractivity contribution in [3.8, 4) is 5.75 Å². The summed E-state index contributed by atoms with van der Waals surface area (Å²) < 4.78 is 5.12. The zero-order chi connectivity index (χ0) is 16.9. The minimum absolute atomic E-state index is 0.209. The summed E-state index contributed by atoms with van der Waals surface area (Å²) >= 11 is 0. The third kappa shape index (κ3) is 3.70. The molecule has 0 aliphatic rings. The second-order valence-electron chi connectivity index (χ2n) is 5.59. The maximum atomic E-state index is 12.3. The summed E-state index contributed by atoms with van der Waals surface area (Å²) in [7, 11) is 1.62. The molecule has 0 saturated carbocycles. The molecule has 3 aromatic rings. The maximum absolute atomic E-state index is 12.3. The van der Waals surface area contributed by atoms with Crippen molar-refractivity contribution in [1.82, 2.24) is 4.98 Å². The normalized spacial score (nSPS) is 11.9. The Morgan fingerprint density at radius 2 is 1.96 bits per heavy atom. The van der Waals surface area contributed by atoms with E-state index >= 15 is 0 Å². The molecule has 1 amide bonds. The quantitative estimate of drug-likeness (QED) is 0.757. The maximum Gasteiger partial charge on any atom is 0.241 e. The number of rotatable bonds is 5. The number of carbonyl (C=O) groups is 1. The van der Waals surface area contributed by atoms with Crippen LogP contribution in [0.2, 0.25) is 0 Å². The topological polar surface area (TPSA) is 77.2 Å².